The summed E-state index contributed by atoms with van der Waals surface area (Å²) in [4.78, 5) is 0. The van der Waals surface area contributed by atoms with Crippen molar-refractivity contribution >= 4 is 11.8 Å². The van der Waals surface area contributed by atoms with Crippen molar-refractivity contribution in [2.75, 3.05) is 5.75 Å². The van der Waals surface area contributed by atoms with Gasteiger partial charge in [-0.1, -0.05) is 11.6 Å². The molecule has 1 radical (unpaired) electrons. The quantitative estimate of drug-likeness (QED) is 0.533. The minimum absolute atomic E-state index is 1.15. The Hall–Kier alpha value is 0.0900. The van der Waals surface area contributed by atoms with E-state index in [1.807, 2.05) is 0 Å². The van der Waals surface area contributed by atoms with Gasteiger partial charge in [0.05, 0.1) is 0 Å². The molecule has 0 aromatic heterocycles. The molecule has 1 aliphatic rings. The first-order chi connectivity index (χ1) is 4.43. The minimum atomic E-state index is 1.15. The first-order valence-corrected chi connectivity index (χ1v) is 4.64. The standard InChI is InChI=1S/C8H13S/c1-9-7-8-5-3-2-4-6-8/h5H,1-4,6-7H2. The Morgan fingerprint density at radius 2 is 2.44 bits per heavy atom. The van der Waals surface area contributed by atoms with Crippen LogP contribution in [0.4, 0.5) is 0 Å². The fourth-order valence-electron chi connectivity index (χ4n) is 1.17. The second-order valence-electron chi connectivity index (χ2n) is 2.46. The fourth-order valence-corrected chi connectivity index (χ4v) is 1.69. The van der Waals surface area contributed by atoms with Gasteiger partial charge in [0.25, 0.3) is 0 Å². The van der Waals surface area contributed by atoms with Crippen LogP contribution in [0.25, 0.3) is 0 Å². The van der Waals surface area contributed by atoms with Gasteiger partial charge in [0, 0.05) is 12.0 Å². The topological polar surface area (TPSA) is 0 Å². The number of rotatable bonds is 2. The number of allylic oxidation sites excluding steroid dienone is 1. The summed E-state index contributed by atoms with van der Waals surface area (Å²) in [5.41, 5.74) is 1.61. The highest BCUT2D eigenvalue weighted by Gasteiger charge is 2.00. The summed E-state index contributed by atoms with van der Waals surface area (Å²) >= 11 is 1.69. The highest BCUT2D eigenvalue weighted by molar-refractivity contribution is 8.00. The van der Waals surface area contributed by atoms with Crippen LogP contribution >= 0.6 is 11.8 Å². The molecule has 0 heterocycles. The van der Waals surface area contributed by atoms with Gasteiger partial charge in [-0.05, 0) is 25.7 Å². The predicted octanol–water partition coefficient (Wildman–Crippen LogP) is 3.01. The van der Waals surface area contributed by atoms with Gasteiger partial charge in [0.1, 0.15) is 0 Å². The number of hydrogen-bond donors (Lipinski definition) is 0. The van der Waals surface area contributed by atoms with E-state index in [0.29, 0.717) is 0 Å². The third kappa shape index (κ3) is 2.44. The number of hydrogen-bond acceptors (Lipinski definition) is 1. The highest BCUT2D eigenvalue weighted by Crippen LogP contribution is 2.19. The van der Waals surface area contributed by atoms with E-state index in [4.69, 9.17) is 0 Å². The van der Waals surface area contributed by atoms with Crippen molar-refractivity contribution < 1.29 is 0 Å². The zero-order valence-electron chi connectivity index (χ0n) is 5.73. The van der Waals surface area contributed by atoms with Crippen LogP contribution in [-0.2, 0) is 0 Å². The van der Waals surface area contributed by atoms with Gasteiger partial charge >= 0.3 is 0 Å². The molecular weight excluding hydrogens is 128 g/mol. The molecule has 1 rings (SSSR count). The summed E-state index contributed by atoms with van der Waals surface area (Å²) in [7, 11) is 0. The lowest BCUT2D eigenvalue weighted by Gasteiger charge is -2.10. The van der Waals surface area contributed by atoms with Crippen molar-refractivity contribution in [1.82, 2.24) is 0 Å². The third-order valence-electron chi connectivity index (χ3n) is 1.67. The van der Waals surface area contributed by atoms with Crippen molar-refractivity contribution in [3.05, 3.63) is 17.9 Å². The molecule has 0 bridgehead atoms. The van der Waals surface area contributed by atoms with Crippen LogP contribution in [0.2, 0.25) is 0 Å². The first-order valence-electron chi connectivity index (χ1n) is 3.48. The fraction of sp³-hybridized carbons (Fsp3) is 0.625. The van der Waals surface area contributed by atoms with E-state index < -0.39 is 0 Å². The van der Waals surface area contributed by atoms with Crippen molar-refractivity contribution in [2.45, 2.75) is 25.7 Å². The molecule has 0 saturated heterocycles. The third-order valence-corrected chi connectivity index (χ3v) is 2.25. The van der Waals surface area contributed by atoms with Crippen molar-refractivity contribution in [1.29, 1.82) is 0 Å². The van der Waals surface area contributed by atoms with Gasteiger partial charge in [-0.15, -0.1) is 0 Å². The van der Waals surface area contributed by atoms with E-state index in [-0.39, 0.29) is 0 Å². The highest BCUT2D eigenvalue weighted by atomic mass is 32.2. The monoisotopic (exact) mass is 141 g/mol. The molecule has 0 saturated carbocycles. The van der Waals surface area contributed by atoms with E-state index in [9.17, 15) is 0 Å². The van der Waals surface area contributed by atoms with Crippen LogP contribution in [0.5, 0.6) is 0 Å². The molecule has 0 amide bonds. The predicted molar refractivity (Wildman–Crippen MR) is 44.4 cm³/mol. The summed E-state index contributed by atoms with van der Waals surface area (Å²) in [5, 5.41) is 0. The maximum absolute atomic E-state index is 3.76. The zero-order chi connectivity index (χ0) is 6.53. The lowest BCUT2D eigenvalue weighted by atomic mass is 10.0. The Balaban J connectivity index is 2.28. The molecule has 0 N–H and O–H groups in total. The van der Waals surface area contributed by atoms with Crippen molar-refractivity contribution in [2.24, 2.45) is 0 Å². The Morgan fingerprint density at radius 3 is 3.00 bits per heavy atom. The Kier molecular flexibility index (Phi) is 3.20. The first kappa shape index (κ1) is 7.20. The summed E-state index contributed by atoms with van der Waals surface area (Å²) in [6.07, 6.45) is 11.5. The molecule has 0 atom stereocenters. The van der Waals surface area contributed by atoms with Crippen LogP contribution in [0, 0.1) is 6.26 Å². The normalized spacial score (nSPS) is 19.4. The molecule has 0 unspecified atom stereocenters. The second kappa shape index (κ2) is 3.99. The molecule has 0 nitrogen and oxygen atoms in total. The van der Waals surface area contributed by atoms with Crippen LogP contribution in [0.1, 0.15) is 25.7 Å². The van der Waals surface area contributed by atoms with Crippen molar-refractivity contribution in [3.8, 4) is 0 Å². The molecule has 0 fully saturated rings. The molecule has 0 spiro atoms. The average molecular weight is 141 g/mol. The van der Waals surface area contributed by atoms with Gasteiger partial charge in [-0.25, -0.2) is 0 Å². The van der Waals surface area contributed by atoms with Crippen LogP contribution in [-0.4, -0.2) is 5.75 Å². The van der Waals surface area contributed by atoms with Gasteiger partial charge in [-0.3, -0.25) is 0 Å². The van der Waals surface area contributed by atoms with Crippen molar-refractivity contribution in [3.63, 3.8) is 0 Å². The van der Waals surface area contributed by atoms with Crippen LogP contribution < -0.4 is 0 Å². The molecule has 0 aliphatic heterocycles. The lowest BCUT2D eigenvalue weighted by molar-refractivity contribution is 0.703. The smallest absolute Gasteiger partial charge is 0.0143 e. The summed E-state index contributed by atoms with van der Waals surface area (Å²) < 4.78 is 0. The van der Waals surface area contributed by atoms with Gasteiger partial charge < -0.3 is 0 Å². The second-order valence-corrected chi connectivity index (χ2v) is 3.15. The average Bonchev–Trinajstić information content (AvgIpc) is 1.91. The van der Waals surface area contributed by atoms with Gasteiger partial charge in [0.2, 0.25) is 0 Å². The van der Waals surface area contributed by atoms with Crippen LogP contribution in [0.15, 0.2) is 11.6 Å². The molecular formula is C8H13S. The molecule has 0 aromatic carbocycles. The molecule has 51 valence electrons. The molecule has 1 aliphatic carbocycles. The van der Waals surface area contributed by atoms with E-state index in [0.717, 1.165) is 5.75 Å². The Labute approximate surface area is 61.7 Å². The summed E-state index contributed by atoms with van der Waals surface area (Å²) in [5.74, 6) is 1.15. The van der Waals surface area contributed by atoms with E-state index >= 15 is 0 Å². The van der Waals surface area contributed by atoms with E-state index in [1.165, 1.54) is 25.7 Å². The lowest BCUT2D eigenvalue weighted by Crippen LogP contribution is -1.92. The van der Waals surface area contributed by atoms with Gasteiger partial charge in [-0.2, -0.15) is 11.8 Å². The largest absolute Gasteiger partial charge is 0.157 e. The summed E-state index contributed by atoms with van der Waals surface area (Å²) in [6, 6.07) is 0. The molecule has 9 heavy (non-hydrogen) atoms. The number of thioether (sulfide) groups is 1. The van der Waals surface area contributed by atoms with E-state index in [1.54, 1.807) is 17.3 Å². The summed E-state index contributed by atoms with van der Waals surface area (Å²) in [6.45, 7) is 0. The van der Waals surface area contributed by atoms with Crippen LogP contribution in [0.3, 0.4) is 0 Å². The molecule has 1 heteroatoms. The van der Waals surface area contributed by atoms with E-state index in [2.05, 4.69) is 12.3 Å². The zero-order valence-corrected chi connectivity index (χ0v) is 6.54. The molecule has 0 aromatic rings. The SMILES string of the molecule is [CH2]SCC1=CCCCC1. The minimum Gasteiger partial charge on any atom is -0.157 e. The van der Waals surface area contributed by atoms with Gasteiger partial charge in [0.15, 0.2) is 0 Å². The Morgan fingerprint density at radius 1 is 1.56 bits per heavy atom. The Bertz CT molecular complexity index is 105. The maximum Gasteiger partial charge on any atom is 0.0143 e. The maximum atomic E-state index is 3.76.